The summed E-state index contributed by atoms with van der Waals surface area (Å²) in [5.74, 6) is 0.770. The summed E-state index contributed by atoms with van der Waals surface area (Å²) in [5.41, 5.74) is 7.55. The summed E-state index contributed by atoms with van der Waals surface area (Å²) < 4.78 is 9.30. The van der Waals surface area contributed by atoms with Crippen LogP contribution in [0.25, 0.3) is 0 Å². The lowest BCUT2D eigenvalue weighted by molar-refractivity contribution is 0.314. The molecule has 0 spiro atoms. The Bertz CT molecular complexity index is 531. The van der Waals surface area contributed by atoms with Crippen molar-refractivity contribution >= 4 is 37.5 Å². The molecule has 0 unspecified atom stereocenters. The van der Waals surface area contributed by atoms with Gasteiger partial charge in [-0.05, 0) is 50.1 Å². The van der Waals surface area contributed by atoms with E-state index in [-0.39, 0.29) is 0 Å². The molecule has 0 aliphatic carbocycles. The fraction of sp³-hybridized carbons (Fsp3) is 0.250. The number of rotatable bonds is 4. The van der Waals surface area contributed by atoms with Gasteiger partial charge < -0.3 is 10.5 Å². The fourth-order valence-electron chi connectivity index (χ4n) is 1.62. The van der Waals surface area contributed by atoms with Crippen LogP contribution in [0.15, 0.2) is 33.3 Å². The standard InChI is InChI=1S/C12H13Br2N3O/c1-17-9(2-4-16-17)3-5-18-12-10(13)6-8(15)7-11(12)14/h2,4,6-7H,3,5,15H2,1H3. The Kier molecular flexibility index (Phi) is 4.29. The van der Waals surface area contributed by atoms with Gasteiger partial charge in [-0.25, -0.2) is 0 Å². The van der Waals surface area contributed by atoms with Crippen molar-refractivity contribution in [2.75, 3.05) is 12.3 Å². The summed E-state index contributed by atoms with van der Waals surface area (Å²) >= 11 is 6.88. The van der Waals surface area contributed by atoms with Crippen LogP contribution in [0.4, 0.5) is 5.69 Å². The van der Waals surface area contributed by atoms with E-state index in [9.17, 15) is 0 Å². The molecule has 2 N–H and O–H groups in total. The number of ether oxygens (including phenoxy) is 1. The molecule has 96 valence electrons. The fourth-order valence-corrected chi connectivity index (χ4v) is 3.07. The molecule has 0 fully saturated rings. The molecule has 1 aromatic carbocycles. The summed E-state index contributed by atoms with van der Waals surface area (Å²) in [4.78, 5) is 0. The second-order valence-corrected chi connectivity index (χ2v) is 5.57. The molecule has 6 heteroatoms. The molecule has 0 aliphatic rings. The van der Waals surface area contributed by atoms with Gasteiger partial charge in [0.05, 0.1) is 15.6 Å². The molecule has 0 saturated heterocycles. The number of benzene rings is 1. The lowest BCUT2D eigenvalue weighted by Crippen LogP contribution is -2.06. The summed E-state index contributed by atoms with van der Waals surface area (Å²) in [7, 11) is 1.92. The van der Waals surface area contributed by atoms with E-state index in [1.165, 1.54) is 0 Å². The molecular formula is C12H13Br2N3O. The molecule has 4 nitrogen and oxygen atoms in total. The highest BCUT2D eigenvalue weighted by Gasteiger charge is 2.08. The minimum absolute atomic E-state index is 0.584. The average molecular weight is 375 g/mol. The molecule has 0 aliphatic heterocycles. The van der Waals surface area contributed by atoms with Gasteiger partial charge in [-0.3, -0.25) is 4.68 Å². The van der Waals surface area contributed by atoms with E-state index >= 15 is 0 Å². The number of halogens is 2. The van der Waals surface area contributed by atoms with Crippen LogP contribution in [-0.2, 0) is 13.5 Å². The third kappa shape index (κ3) is 3.05. The van der Waals surface area contributed by atoms with Gasteiger partial charge in [-0.2, -0.15) is 5.10 Å². The molecule has 1 aromatic heterocycles. The van der Waals surface area contributed by atoms with Crippen molar-refractivity contribution in [2.24, 2.45) is 7.05 Å². The Labute approximate surface area is 122 Å². The molecule has 0 amide bonds. The zero-order chi connectivity index (χ0) is 13.1. The number of aryl methyl sites for hydroxylation is 1. The van der Waals surface area contributed by atoms with Crippen LogP contribution < -0.4 is 10.5 Å². The molecule has 2 aromatic rings. The van der Waals surface area contributed by atoms with Crippen LogP contribution >= 0.6 is 31.9 Å². The monoisotopic (exact) mass is 373 g/mol. The third-order valence-corrected chi connectivity index (χ3v) is 3.73. The minimum Gasteiger partial charge on any atom is -0.491 e. The van der Waals surface area contributed by atoms with Crippen LogP contribution in [0.2, 0.25) is 0 Å². The van der Waals surface area contributed by atoms with Crippen molar-refractivity contribution < 1.29 is 4.74 Å². The second kappa shape index (κ2) is 5.75. The largest absolute Gasteiger partial charge is 0.491 e. The Hall–Kier alpha value is -1.01. The lowest BCUT2D eigenvalue weighted by atomic mass is 10.3. The normalized spacial score (nSPS) is 10.6. The Morgan fingerprint density at radius 3 is 2.56 bits per heavy atom. The van der Waals surface area contributed by atoms with Crippen molar-refractivity contribution in [3.8, 4) is 5.75 Å². The zero-order valence-electron chi connectivity index (χ0n) is 9.86. The molecular weight excluding hydrogens is 362 g/mol. The Morgan fingerprint density at radius 1 is 1.33 bits per heavy atom. The molecule has 0 bridgehead atoms. The number of hydrogen-bond donors (Lipinski definition) is 1. The smallest absolute Gasteiger partial charge is 0.147 e. The highest BCUT2D eigenvalue weighted by Crippen LogP contribution is 2.35. The van der Waals surface area contributed by atoms with E-state index in [2.05, 4.69) is 37.0 Å². The van der Waals surface area contributed by atoms with E-state index < -0.39 is 0 Å². The number of hydrogen-bond acceptors (Lipinski definition) is 3. The van der Waals surface area contributed by atoms with Crippen molar-refractivity contribution in [2.45, 2.75) is 6.42 Å². The predicted molar refractivity (Wildman–Crippen MR) is 78.7 cm³/mol. The van der Waals surface area contributed by atoms with E-state index in [1.807, 2.05) is 29.9 Å². The van der Waals surface area contributed by atoms with Gasteiger partial charge in [0, 0.05) is 31.0 Å². The first-order valence-corrected chi connectivity index (χ1v) is 7.00. The predicted octanol–water partition coefficient (Wildman–Crippen LogP) is 3.15. The Balaban J connectivity index is 2.01. The van der Waals surface area contributed by atoms with Gasteiger partial charge in [0.2, 0.25) is 0 Å². The van der Waals surface area contributed by atoms with Crippen molar-refractivity contribution in [1.82, 2.24) is 9.78 Å². The molecule has 2 rings (SSSR count). The van der Waals surface area contributed by atoms with Crippen LogP contribution in [0.3, 0.4) is 0 Å². The van der Waals surface area contributed by atoms with Gasteiger partial charge in [0.25, 0.3) is 0 Å². The molecule has 18 heavy (non-hydrogen) atoms. The minimum atomic E-state index is 0.584. The molecule has 0 atom stereocenters. The SMILES string of the molecule is Cn1nccc1CCOc1c(Br)cc(N)cc1Br. The second-order valence-electron chi connectivity index (χ2n) is 3.86. The summed E-state index contributed by atoms with van der Waals surface area (Å²) in [6.07, 6.45) is 2.59. The first kappa shape index (κ1) is 13.4. The van der Waals surface area contributed by atoms with Crippen LogP contribution in [-0.4, -0.2) is 16.4 Å². The van der Waals surface area contributed by atoms with E-state index in [0.29, 0.717) is 12.3 Å². The maximum atomic E-state index is 5.76. The zero-order valence-corrected chi connectivity index (χ0v) is 13.0. The van der Waals surface area contributed by atoms with Gasteiger partial charge in [0.15, 0.2) is 0 Å². The third-order valence-electron chi connectivity index (χ3n) is 2.55. The summed E-state index contributed by atoms with van der Waals surface area (Å²) in [6, 6.07) is 5.63. The van der Waals surface area contributed by atoms with Crippen LogP contribution in [0, 0.1) is 0 Å². The lowest BCUT2D eigenvalue weighted by Gasteiger charge is -2.11. The number of nitrogens with two attached hydrogens (primary N) is 1. The number of nitrogens with zero attached hydrogens (tertiary/aromatic N) is 2. The number of nitrogen functional groups attached to an aromatic ring is 1. The number of aromatic nitrogens is 2. The van der Waals surface area contributed by atoms with Gasteiger partial charge >= 0.3 is 0 Å². The van der Waals surface area contributed by atoms with Crippen molar-refractivity contribution in [3.63, 3.8) is 0 Å². The van der Waals surface area contributed by atoms with E-state index in [4.69, 9.17) is 10.5 Å². The maximum Gasteiger partial charge on any atom is 0.147 e. The molecule has 0 saturated carbocycles. The Morgan fingerprint density at radius 2 is 2.00 bits per heavy atom. The quantitative estimate of drug-likeness (QED) is 0.836. The molecule has 1 heterocycles. The summed E-state index contributed by atoms with van der Waals surface area (Å²) in [6.45, 7) is 0.584. The topological polar surface area (TPSA) is 53.1 Å². The maximum absolute atomic E-state index is 5.76. The van der Waals surface area contributed by atoms with Gasteiger partial charge in [-0.15, -0.1) is 0 Å². The first-order chi connectivity index (χ1) is 8.58. The van der Waals surface area contributed by atoms with Crippen LogP contribution in [0.5, 0.6) is 5.75 Å². The van der Waals surface area contributed by atoms with Crippen molar-refractivity contribution in [1.29, 1.82) is 0 Å². The highest BCUT2D eigenvalue weighted by atomic mass is 79.9. The van der Waals surface area contributed by atoms with Gasteiger partial charge in [0.1, 0.15) is 5.75 Å². The average Bonchev–Trinajstić information content (AvgIpc) is 2.68. The first-order valence-electron chi connectivity index (χ1n) is 5.42. The van der Waals surface area contributed by atoms with Crippen LogP contribution in [0.1, 0.15) is 5.69 Å². The van der Waals surface area contributed by atoms with E-state index in [0.717, 1.165) is 26.8 Å². The number of anilines is 1. The van der Waals surface area contributed by atoms with Gasteiger partial charge in [-0.1, -0.05) is 0 Å². The van der Waals surface area contributed by atoms with E-state index in [1.54, 1.807) is 6.20 Å². The van der Waals surface area contributed by atoms with Crippen molar-refractivity contribution in [3.05, 3.63) is 39.0 Å². The molecule has 0 radical (unpaired) electrons. The summed E-state index contributed by atoms with van der Waals surface area (Å²) in [5, 5.41) is 4.12. The highest BCUT2D eigenvalue weighted by molar-refractivity contribution is 9.11.